The first-order valence-corrected chi connectivity index (χ1v) is 12.1. The van der Waals surface area contributed by atoms with Crippen molar-refractivity contribution in [2.75, 3.05) is 13.1 Å². The molecule has 0 aliphatic carbocycles. The van der Waals surface area contributed by atoms with Crippen LogP contribution >= 0.6 is 0 Å². The van der Waals surface area contributed by atoms with E-state index in [9.17, 15) is 24.0 Å². The maximum absolute atomic E-state index is 13.0. The average Bonchev–Trinajstić information content (AvgIpc) is 3.36. The second kappa shape index (κ2) is 11.9. The third-order valence-corrected chi connectivity index (χ3v) is 6.10. The molecule has 3 aromatic rings. The summed E-state index contributed by atoms with van der Waals surface area (Å²) in [7, 11) is 0. The van der Waals surface area contributed by atoms with E-state index < -0.39 is 42.0 Å². The van der Waals surface area contributed by atoms with Gasteiger partial charge in [-0.25, -0.2) is 4.98 Å². The predicted molar refractivity (Wildman–Crippen MR) is 134 cm³/mol. The van der Waals surface area contributed by atoms with Crippen LogP contribution in [0.25, 0.3) is 11.0 Å². The number of benzene rings is 2. The highest BCUT2D eigenvalue weighted by Crippen LogP contribution is 2.18. The molecule has 0 spiro atoms. The Morgan fingerprint density at radius 2 is 1.76 bits per heavy atom. The van der Waals surface area contributed by atoms with Gasteiger partial charge in [0.05, 0.1) is 23.6 Å². The smallest absolute Gasteiger partial charge is 0.289 e. The lowest BCUT2D eigenvalue weighted by atomic mass is 9.90. The maximum atomic E-state index is 13.0. The number of aromatic amines is 1. The van der Waals surface area contributed by atoms with E-state index in [0.717, 1.165) is 12.0 Å². The predicted octanol–water partition coefficient (Wildman–Crippen LogP) is 0.579. The maximum Gasteiger partial charge on any atom is 0.289 e. The molecule has 37 heavy (non-hydrogen) atoms. The first kappa shape index (κ1) is 25.5. The van der Waals surface area contributed by atoms with Gasteiger partial charge in [-0.3, -0.25) is 24.0 Å². The molecule has 2 unspecified atom stereocenters. The standard InChI is InChI=1S/C26H28N6O5/c33-21(15-29-26(37)23-31-18-10-4-5-11-19(18)32-23)30-20(13-17-9-6-12-27-24(17)35)22(34)25(36)28-14-16-7-2-1-3-8-16/h1-5,7-8,10-11,17,20H,6,9,12-15H2,(H,27,35)(H,28,36)(H,29,37)(H,30,33)(H,31,32). The molecular weight excluding hydrogens is 476 g/mol. The Kier molecular flexibility index (Phi) is 8.24. The highest BCUT2D eigenvalue weighted by atomic mass is 16.2. The van der Waals surface area contributed by atoms with Crippen LogP contribution in [0.15, 0.2) is 54.6 Å². The van der Waals surface area contributed by atoms with Crippen molar-refractivity contribution >= 4 is 40.4 Å². The lowest BCUT2D eigenvalue weighted by molar-refractivity contribution is -0.141. The third kappa shape index (κ3) is 6.78. The molecule has 0 bridgehead atoms. The fourth-order valence-corrected chi connectivity index (χ4v) is 4.15. The number of fused-ring (bicyclic) bond motifs is 1. The first-order valence-electron chi connectivity index (χ1n) is 12.1. The number of para-hydroxylation sites is 2. The van der Waals surface area contributed by atoms with Crippen molar-refractivity contribution in [2.45, 2.75) is 31.8 Å². The van der Waals surface area contributed by atoms with Crippen molar-refractivity contribution in [3.63, 3.8) is 0 Å². The molecule has 1 saturated heterocycles. The molecule has 11 heteroatoms. The molecule has 2 heterocycles. The largest absolute Gasteiger partial charge is 0.356 e. The SMILES string of the molecule is O=C(CNC(=O)c1nc2ccccc2[nH]1)NC(CC1CCCNC1=O)C(=O)C(=O)NCc1ccccc1. The normalized spacial score (nSPS) is 15.9. The Morgan fingerprint density at radius 1 is 1.00 bits per heavy atom. The van der Waals surface area contributed by atoms with Gasteiger partial charge in [0.25, 0.3) is 11.8 Å². The van der Waals surface area contributed by atoms with Gasteiger partial charge in [0.1, 0.15) is 0 Å². The summed E-state index contributed by atoms with van der Waals surface area (Å²) in [6, 6.07) is 15.0. The number of carbonyl (C=O) groups excluding carboxylic acids is 5. The fraction of sp³-hybridized carbons (Fsp3) is 0.308. The van der Waals surface area contributed by atoms with Crippen LogP contribution in [0.3, 0.4) is 0 Å². The van der Waals surface area contributed by atoms with Crippen molar-refractivity contribution in [1.82, 2.24) is 31.2 Å². The van der Waals surface area contributed by atoms with Gasteiger partial charge in [0.15, 0.2) is 5.82 Å². The number of amides is 4. The van der Waals surface area contributed by atoms with Crippen molar-refractivity contribution in [2.24, 2.45) is 5.92 Å². The van der Waals surface area contributed by atoms with Gasteiger partial charge >= 0.3 is 0 Å². The van der Waals surface area contributed by atoms with Crippen LogP contribution in [0, 0.1) is 5.92 Å². The fourth-order valence-electron chi connectivity index (χ4n) is 4.15. The number of carbonyl (C=O) groups is 5. The van der Waals surface area contributed by atoms with Crippen LogP contribution in [0.4, 0.5) is 0 Å². The zero-order valence-electron chi connectivity index (χ0n) is 20.1. The summed E-state index contributed by atoms with van der Waals surface area (Å²) in [5.41, 5.74) is 2.09. The molecule has 5 N–H and O–H groups in total. The van der Waals surface area contributed by atoms with Gasteiger partial charge in [-0.2, -0.15) is 0 Å². The van der Waals surface area contributed by atoms with E-state index in [2.05, 4.69) is 31.2 Å². The van der Waals surface area contributed by atoms with Crippen LogP contribution in [-0.2, 0) is 25.7 Å². The number of Topliss-reactive ketones (excluding diaryl/α,β-unsaturated/α-hetero) is 1. The average molecular weight is 505 g/mol. The molecule has 4 rings (SSSR count). The number of hydrogen-bond donors (Lipinski definition) is 5. The summed E-state index contributed by atoms with van der Waals surface area (Å²) in [5, 5.41) is 10.3. The molecule has 2 atom stereocenters. The van der Waals surface area contributed by atoms with Crippen LogP contribution in [0.2, 0.25) is 0 Å². The van der Waals surface area contributed by atoms with Crippen molar-refractivity contribution < 1.29 is 24.0 Å². The monoisotopic (exact) mass is 504 g/mol. The lowest BCUT2D eigenvalue weighted by Crippen LogP contribution is -2.52. The Morgan fingerprint density at radius 3 is 2.51 bits per heavy atom. The summed E-state index contributed by atoms with van der Waals surface area (Å²) in [6.07, 6.45) is 1.26. The second-order valence-electron chi connectivity index (χ2n) is 8.80. The highest BCUT2D eigenvalue weighted by Gasteiger charge is 2.33. The number of nitrogens with one attached hydrogen (secondary N) is 5. The van der Waals surface area contributed by atoms with E-state index >= 15 is 0 Å². The minimum atomic E-state index is -1.22. The number of ketones is 1. The molecule has 0 radical (unpaired) electrons. The van der Waals surface area contributed by atoms with Crippen LogP contribution in [0.5, 0.6) is 0 Å². The molecule has 1 fully saturated rings. The van der Waals surface area contributed by atoms with Gasteiger partial charge in [-0.15, -0.1) is 0 Å². The number of imidazole rings is 1. The molecule has 192 valence electrons. The van der Waals surface area contributed by atoms with E-state index in [0.29, 0.717) is 24.0 Å². The Balaban J connectivity index is 1.37. The van der Waals surface area contributed by atoms with E-state index in [-0.39, 0.29) is 24.7 Å². The minimum absolute atomic E-state index is 0.0211. The Bertz CT molecular complexity index is 1270. The Labute approximate surface area is 212 Å². The zero-order valence-corrected chi connectivity index (χ0v) is 20.1. The van der Waals surface area contributed by atoms with E-state index in [1.807, 2.05) is 18.2 Å². The van der Waals surface area contributed by atoms with Gasteiger partial charge in [0.2, 0.25) is 17.6 Å². The molecular formula is C26H28N6O5. The molecule has 11 nitrogen and oxygen atoms in total. The van der Waals surface area contributed by atoms with Gasteiger partial charge in [-0.05, 0) is 37.0 Å². The van der Waals surface area contributed by atoms with Gasteiger partial charge < -0.3 is 26.3 Å². The third-order valence-electron chi connectivity index (χ3n) is 6.10. The van der Waals surface area contributed by atoms with E-state index in [1.165, 1.54) is 0 Å². The summed E-state index contributed by atoms with van der Waals surface area (Å²) in [5.74, 6) is -3.68. The van der Waals surface area contributed by atoms with E-state index in [1.54, 1.807) is 36.4 Å². The minimum Gasteiger partial charge on any atom is -0.356 e. The first-order chi connectivity index (χ1) is 17.9. The zero-order chi connectivity index (χ0) is 26.2. The molecule has 1 aliphatic rings. The Hall–Kier alpha value is -4.54. The molecule has 2 aromatic carbocycles. The summed E-state index contributed by atoms with van der Waals surface area (Å²) in [4.78, 5) is 70.0. The van der Waals surface area contributed by atoms with Crippen LogP contribution < -0.4 is 21.3 Å². The number of rotatable bonds is 10. The molecule has 0 saturated carbocycles. The quantitative estimate of drug-likeness (QED) is 0.254. The molecule has 1 aromatic heterocycles. The number of nitrogens with zero attached hydrogens (tertiary/aromatic N) is 1. The lowest BCUT2D eigenvalue weighted by Gasteiger charge is -2.26. The van der Waals surface area contributed by atoms with Crippen LogP contribution in [0.1, 0.15) is 35.4 Å². The second-order valence-corrected chi connectivity index (χ2v) is 8.80. The van der Waals surface area contributed by atoms with Crippen LogP contribution in [-0.4, -0.2) is 58.5 Å². The number of aromatic nitrogens is 2. The number of H-pyrrole nitrogens is 1. The highest BCUT2D eigenvalue weighted by molar-refractivity contribution is 6.38. The molecule has 4 amide bonds. The van der Waals surface area contributed by atoms with Crippen molar-refractivity contribution in [3.05, 3.63) is 66.0 Å². The van der Waals surface area contributed by atoms with Gasteiger partial charge in [-0.1, -0.05) is 42.5 Å². The summed E-state index contributed by atoms with van der Waals surface area (Å²) in [6.45, 7) is 0.247. The van der Waals surface area contributed by atoms with E-state index in [4.69, 9.17) is 0 Å². The summed E-state index contributed by atoms with van der Waals surface area (Å²) >= 11 is 0. The van der Waals surface area contributed by atoms with Crippen molar-refractivity contribution in [1.29, 1.82) is 0 Å². The number of piperidine rings is 1. The molecule has 1 aliphatic heterocycles. The topological polar surface area (TPSA) is 162 Å². The number of hydrogen-bond acceptors (Lipinski definition) is 6. The van der Waals surface area contributed by atoms with Crippen molar-refractivity contribution in [3.8, 4) is 0 Å². The summed E-state index contributed by atoms with van der Waals surface area (Å²) < 4.78 is 0. The van der Waals surface area contributed by atoms with Gasteiger partial charge in [0, 0.05) is 19.0 Å².